The first kappa shape index (κ1) is 21.7. The van der Waals surface area contributed by atoms with Crippen molar-refractivity contribution in [2.75, 3.05) is 37.3 Å². The summed E-state index contributed by atoms with van der Waals surface area (Å²) in [5.74, 6) is 3.48. The molecule has 4 N–H and O–H groups in total. The Hall–Kier alpha value is -3.08. The lowest BCUT2D eigenvalue weighted by molar-refractivity contribution is -0.699. The lowest BCUT2D eigenvalue weighted by atomic mass is 10.3. The summed E-state index contributed by atoms with van der Waals surface area (Å²) >= 11 is 1.64. The Morgan fingerprint density at radius 2 is 2.15 bits per heavy atom. The maximum absolute atomic E-state index is 12.1. The number of nitrogens with one attached hydrogen (secondary N) is 4. The third kappa shape index (κ3) is 5.29. The summed E-state index contributed by atoms with van der Waals surface area (Å²) in [6.45, 7) is 3.97. The van der Waals surface area contributed by atoms with E-state index in [0.29, 0.717) is 19.0 Å². The van der Waals surface area contributed by atoms with Gasteiger partial charge in [-0.15, -0.1) is 0 Å². The van der Waals surface area contributed by atoms with Crippen molar-refractivity contribution in [3.8, 4) is 0 Å². The highest BCUT2D eigenvalue weighted by molar-refractivity contribution is 7.97. The predicted molar refractivity (Wildman–Crippen MR) is 131 cm³/mol. The number of aliphatic imine (C=N–C) groups is 1. The standard InChI is InChI=1S/C23H28N8OS/c1-3-29(2)15-23(32)25-17-6-8-18(9-7-17)33-30-13-21-24-10-11-31(21)22(14-30)26-20-12-19(27-28-20)16-4-5-16/h6-12,14,16H,3-5,13,15H2,1-2H3,(H,25,32)(H2,26,27,28)/p+1. The molecule has 0 bridgehead atoms. The van der Waals surface area contributed by atoms with Gasteiger partial charge >= 0.3 is 0 Å². The predicted octanol–water partition coefficient (Wildman–Crippen LogP) is 2.18. The summed E-state index contributed by atoms with van der Waals surface area (Å²) in [7, 11) is 1.93. The molecule has 3 aliphatic rings. The molecule has 5 rings (SSSR count). The van der Waals surface area contributed by atoms with Crippen molar-refractivity contribution in [1.82, 2.24) is 19.4 Å². The molecule has 3 heterocycles. The van der Waals surface area contributed by atoms with Gasteiger partial charge in [0, 0.05) is 28.3 Å². The van der Waals surface area contributed by atoms with Crippen molar-refractivity contribution in [1.29, 1.82) is 0 Å². The van der Waals surface area contributed by atoms with E-state index in [-0.39, 0.29) is 5.91 Å². The van der Waals surface area contributed by atoms with E-state index in [2.05, 4.69) is 42.4 Å². The second-order valence-electron chi connectivity index (χ2n) is 8.53. The molecule has 2 aromatic rings. The molecule has 9 nitrogen and oxygen atoms in total. The van der Waals surface area contributed by atoms with Gasteiger partial charge in [-0.25, -0.2) is 9.89 Å². The van der Waals surface area contributed by atoms with Gasteiger partial charge in [0.2, 0.25) is 17.6 Å². The zero-order valence-corrected chi connectivity index (χ0v) is 19.7. The molecule has 0 radical (unpaired) electrons. The zero-order valence-electron chi connectivity index (χ0n) is 18.8. The molecule has 33 heavy (non-hydrogen) atoms. The minimum absolute atomic E-state index is 0.00699. The summed E-state index contributed by atoms with van der Waals surface area (Å²) < 4.78 is 2.16. The average Bonchev–Trinajstić information content (AvgIpc) is 3.35. The van der Waals surface area contributed by atoms with E-state index >= 15 is 0 Å². The molecule has 1 aromatic carbocycles. The number of carbonyl (C=O) groups is 1. The van der Waals surface area contributed by atoms with Gasteiger partial charge in [0.05, 0.1) is 18.9 Å². The van der Waals surface area contributed by atoms with Crippen molar-refractivity contribution in [2.24, 2.45) is 4.99 Å². The maximum Gasteiger partial charge on any atom is 0.238 e. The molecule has 0 spiro atoms. The van der Waals surface area contributed by atoms with Crippen molar-refractivity contribution in [2.45, 2.75) is 30.6 Å². The zero-order chi connectivity index (χ0) is 22.8. The number of H-pyrrole nitrogens is 1. The van der Waals surface area contributed by atoms with Crippen LogP contribution in [0.2, 0.25) is 0 Å². The van der Waals surface area contributed by atoms with E-state index in [1.54, 1.807) is 11.9 Å². The highest BCUT2D eigenvalue weighted by Crippen LogP contribution is 2.39. The van der Waals surface area contributed by atoms with Crippen LogP contribution in [0.3, 0.4) is 0 Å². The first-order valence-corrected chi connectivity index (χ1v) is 12.0. The van der Waals surface area contributed by atoms with Gasteiger partial charge in [0.15, 0.2) is 5.82 Å². The minimum atomic E-state index is -0.00699. The fraction of sp³-hybridized carbons (Fsp3) is 0.348. The van der Waals surface area contributed by atoms with E-state index in [9.17, 15) is 4.79 Å². The van der Waals surface area contributed by atoms with Crippen LogP contribution in [-0.4, -0.2) is 57.8 Å². The number of anilines is 2. The first-order chi connectivity index (χ1) is 16.1. The van der Waals surface area contributed by atoms with Crippen LogP contribution in [0, 0.1) is 0 Å². The number of quaternary nitrogens is 1. The van der Waals surface area contributed by atoms with Crippen LogP contribution in [0.25, 0.3) is 0 Å². The van der Waals surface area contributed by atoms with E-state index in [4.69, 9.17) is 0 Å². The van der Waals surface area contributed by atoms with Gasteiger partial charge in [0.1, 0.15) is 12.7 Å². The largest absolute Gasteiger partial charge is 0.325 e. The number of hydrogen-bond acceptors (Lipinski definition) is 7. The molecule has 1 unspecified atom stereocenters. The first-order valence-electron chi connectivity index (χ1n) is 11.3. The molecular weight excluding hydrogens is 436 g/mol. The molecular formula is C23H29N8OS+. The second kappa shape index (κ2) is 9.42. The molecule has 10 heteroatoms. The number of carbonyl (C=O) groups excluding carboxylic acids is 1. The summed E-state index contributed by atoms with van der Waals surface area (Å²) in [6, 6.07) is 10.0. The number of rotatable bonds is 9. The number of fused-ring (bicyclic) bond motifs is 1. The lowest BCUT2D eigenvalue weighted by Crippen LogP contribution is -3.10. The van der Waals surface area contributed by atoms with E-state index in [0.717, 1.165) is 39.5 Å². The molecule has 1 fully saturated rings. The summed E-state index contributed by atoms with van der Waals surface area (Å²) in [4.78, 5) is 20.8. The monoisotopic (exact) mass is 465 g/mol. The smallest absolute Gasteiger partial charge is 0.238 e. The molecule has 0 saturated heterocycles. The van der Waals surface area contributed by atoms with E-state index < -0.39 is 0 Å². The fourth-order valence-corrected chi connectivity index (χ4v) is 4.61. The van der Waals surface area contributed by atoms with Gasteiger partial charge in [-0.2, -0.15) is 5.10 Å². The SMILES string of the molecule is CCN(C)CC(=O)Nc1ccc(SN2C=C(Nc3cc(C4CC4)[nH]n3)[NH+]3C=CN=C3C2)cc1. The Bertz CT molecular complexity index is 1100. The summed E-state index contributed by atoms with van der Waals surface area (Å²) in [5, 5.41) is 14.0. The number of amidine groups is 1. The maximum atomic E-state index is 12.1. The molecule has 2 aliphatic heterocycles. The topological polar surface area (TPSA) is 93.1 Å². The second-order valence-corrected chi connectivity index (χ2v) is 9.65. The number of aromatic nitrogens is 2. The minimum Gasteiger partial charge on any atom is -0.325 e. The highest BCUT2D eigenvalue weighted by atomic mass is 32.2. The average molecular weight is 466 g/mol. The Labute approximate surface area is 197 Å². The normalized spacial score (nSPS) is 19.4. The molecule has 1 aromatic heterocycles. The van der Waals surface area contributed by atoms with Crippen LogP contribution in [0.5, 0.6) is 0 Å². The van der Waals surface area contributed by atoms with Gasteiger partial charge in [-0.1, -0.05) is 6.92 Å². The van der Waals surface area contributed by atoms with Crippen LogP contribution in [0.15, 0.2) is 64.6 Å². The number of nitrogens with zero attached hydrogens (tertiary/aromatic N) is 4. The molecule has 1 saturated carbocycles. The van der Waals surface area contributed by atoms with E-state index in [1.165, 1.54) is 18.5 Å². The van der Waals surface area contributed by atoms with Gasteiger partial charge in [0.25, 0.3) is 0 Å². The Kier molecular flexibility index (Phi) is 6.21. The summed E-state index contributed by atoms with van der Waals surface area (Å²) in [5.41, 5.74) is 2.00. The Morgan fingerprint density at radius 1 is 1.33 bits per heavy atom. The molecule has 1 atom stereocenters. The molecule has 172 valence electrons. The molecule has 1 amide bonds. The fourth-order valence-electron chi connectivity index (χ4n) is 3.74. The van der Waals surface area contributed by atoms with Crippen molar-refractivity contribution < 1.29 is 9.69 Å². The van der Waals surface area contributed by atoms with Gasteiger partial charge in [-0.3, -0.25) is 24.4 Å². The van der Waals surface area contributed by atoms with Crippen molar-refractivity contribution in [3.63, 3.8) is 0 Å². The van der Waals surface area contributed by atoms with Gasteiger partial charge in [-0.05, 0) is 62.6 Å². The number of benzene rings is 1. The Balaban J connectivity index is 1.24. The van der Waals surface area contributed by atoms with Crippen LogP contribution < -0.4 is 15.5 Å². The van der Waals surface area contributed by atoms with Crippen LogP contribution in [0.1, 0.15) is 31.4 Å². The van der Waals surface area contributed by atoms with Crippen LogP contribution in [0.4, 0.5) is 11.5 Å². The number of aromatic amines is 1. The van der Waals surface area contributed by atoms with E-state index in [1.807, 2.05) is 55.5 Å². The highest BCUT2D eigenvalue weighted by Gasteiger charge is 2.32. The summed E-state index contributed by atoms with van der Waals surface area (Å²) in [6.07, 6.45) is 8.48. The lowest BCUT2D eigenvalue weighted by Gasteiger charge is -2.27. The van der Waals surface area contributed by atoms with Crippen LogP contribution in [-0.2, 0) is 4.79 Å². The quantitative estimate of drug-likeness (QED) is 0.424. The Morgan fingerprint density at radius 3 is 2.91 bits per heavy atom. The number of likely N-dealkylation sites (N-methyl/N-ethyl adjacent to an activating group) is 1. The number of hydrogen-bond donors (Lipinski definition) is 4. The third-order valence-corrected chi connectivity index (χ3v) is 6.80. The third-order valence-electron chi connectivity index (χ3n) is 5.84. The number of amides is 1. The van der Waals surface area contributed by atoms with Crippen molar-refractivity contribution >= 4 is 35.2 Å². The molecule has 1 aliphatic carbocycles. The van der Waals surface area contributed by atoms with Crippen LogP contribution >= 0.6 is 11.9 Å². The van der Waals surface area contributed by atoms with Crippen molar-refractivity contribution in [3.05, 3.63) is 60.4 Å². The van der Waals surface area contributed by atoms with Gasteiger partial charge < -0.3 is 5.32 Å².